The Kier molecular flexibility index (Phi) is 6.48. The van der Waals surface area contributed by atoms with Crippen LogP contribution in [-0.4, -0.2) is 12.6 Å². The maximum absolute atomic E-state index is 11.7. The zero-order valence-electron chi connectivity index (χ0n) is 13.7. The largest absolute Gasteiger partial charge is 0.489 e. The smallest absolute Gasteiger partial charge is 0.319 e. The van der Waals surface area contributed by atoms with Gasteiger partial charge >= 0.3 is 6.03 Å². The minimum atomic E-state index is -0.177. The number of nitrogens with one attached hydrogen (secondary N) is 2. The van der Waals surface area contributed by atoms with E-state index in [0.717, 1.165) is 23.4 Å². The van der Waals surface area contributed by atoms with Crippen molar-refractivity contribution in [1.29, 1.82) is 0 Å². The van der Waals surface area contributed by atoms with Crippen LogP contribution in [0.1, 0.15) is 25.8 Å². The van der Waals surface area contributed by atoms with E-state index in [1.807, 2.05) is 54.6 Å². The Balaban J connectivity index is 1.76. The molecule has 122 valence electrons. The summed E-state index contributed by atoms with van der Waals surface area (Å²) in [4.78, 5) is 11.7. The number of rotatable bonds is 7. The number of urea groups is 1. The van der Waals surface area contributed by atoms with Crippen molar-refractivity contribution in [3.63, 3.8) is 0 Å². The standard InChI is InChI=1S/C19H24N2O2/c1-15(2)12-13-20-19(22)21-17-8-10-18(11-9-17)23-14-16-6-4-3-5-7-16/h3-11,15H,12-14H2,1-2H3,(H2,20,21,22). The van der Waals surface area contributed by atoms with Gasteiger partial charge in [-0.25, -0.2) is 4.79 Å². The van der Waals surface area contributed by atoms with E-state index in [1.54, 1.807) is 0 Å². The molecule has 2 rings (SSSR count). The molecule has 2 amide bonds. The lowest BCUT2D eigenvalue weighted by atomic mass is 10.1. The summed E-state index contributed by atoms with van der Waals surface area (Å²) >= 11 is 0. The highest BCUT2D eigenvalue weighted by atomic mass is 16.5. The maximum atomic E-state index is 11.7. The van der Waals surface area contributed by atoms with Crippen LogP contribution in [0.3, 0.4) is 0 Å². The van der Waals surface area contributed by atoms with E-state index in [1.165, 1.54) is 0 Å². The minimum Gasteiger partial charge on any atom is -0.489 e. The molecule has 0 saturated heterocycles. The third-order valence-electron chi connectivity index (χ3n) is 3.37. The first kappa shape index (κ1) is 16.9. The van der Waals surface area contributed by atoms with Crippen molar-refractivity contribution >= 4 is 11.7 Å². The fourth-order valence-electron chi connectivity index (χ4n) is 2.03. The average Bonchev–Trinajstić information content (AvgIpc) is 2.55. The average molecular weight is 312 g/mol. The molecule has 0 radical (unpaired) electrons. The van der Waals surface area contributed by atoms with Gasteiger partial charge in [0.1, 0.15) is 12.4 Å². The van der Waals surface area contributed by atoms with Crippen molar-refractivity contribution in [3.05, 3.63) is 60.2 Å². The molecule has 0 aliphatic heterocycles. The van der Waals surface area contributed by atoms with Gasteiger partial charge < -0.3 is 15.4 Å². The highest BCUT2D eigenvalue weighted by Gasteiger charge is 2.02. The first-order valence-corrected chi connectivity index (χ1v) is 7.95. The molecule has 2 aromatic carbocycles. The van der Waals surface area contributed by atoms with Crippen molar-refractivity contribution in [2.45, 2.75) is 26.9 Å². The molecule has 0 fully saturated rings. The molecule has 4 heteroatoms. The molecule has 0 heterocycles. The van der Waals surface area contributed by atoms with Crippen molar-refractivity contribution in [2.24, 2.45) is 5.92 Å². The zero-order chi connectivity index (χ0) is 16.5. The summed E-state index contributed by atoms with van der Waals surface area (Å²) in [6.45, 7) is 5.48. The quantitative estimate of drug-likeness (QED) is 0.794. The lowest BCUT2D eigenvalue weighted by molar-refractivity contribution is 0.251. The highest BCUT2D eigenvalue weighted by Crippen LogP contribution is 2.17. The maximum Gasteiger partial charge on any atom is 0.319 e. The first-order valence-electron chi connectivity index (χ1n) is 7.95. The predicted molar refractivity (Wildman–Crippen MR) is 93.7 cm³/mol. The molecule has 2 N–H and O–H groups in total. The summed E-state index contributed by atoms with van der Waals surface area (Å²) in [5.74, 6) is 1.36. The highest BCUT2D eigenvalue weighted by molar-refractivity contribution is 5.89. The first-order chi connectivity index (χ1) is 11.1. The Labute approximate surface area is 137 Å². The van der Waals surface area contributed by atoms with E-state index in [9.17, 15) is 4.79 Å². The molecule has 0 aliphatic carbocycles. The van der Waals surface area contributed by atoms with Crippen LogP contribution in [0.2, 0.25) is 0 Å². The van der Waals surface area contributed by atoms with Crippen LogP contribution in [0.25, 0.3) is 0 Å². The van der Waals surface area contributed by atoms with Gasteiger partial charge in [0.25, 0.3) is 0 Å². The predicted octanol–water partition coefficient (Wildman–Crippen LogP) is 4.43. The Hall–Kier alpha value is -2.49. The molecule has 23 heavy (non-hydrogen) atoms. The topological polar surface area (TPSA) is 50.4 Å². The van der Waals surface area contributed by atoms with Gasteiger partial charge in [0, 0.05) is 12.2 Å². The molecule has 0 aliphatic rings. The number of anilines is 1. The van der Waals surface area contributed by atoms with Gasteiger partial charge in [0.2, 0.25) is 0 Å². The summed E-state index contributed by atoms with van der Waals surface area (Å²) in [6, 6.07) is 17.2. The van der Waals surface area contributed by atoms with E-state index in [-0.39, 0.29) is 6.03 Å². The number of carbonyl (C=O) groups is 1. The van der Waals surface area contributed by atoms with Crippen LogP contribution >= 0.6 is 0 Å². The lowest BCUT2D eigenvalue weighted by Crippen LogP contribution is -2.30. The summed E-state index contributed by atoms with van der Waals surface area (Å²) in [5, 5.41) is 5.65. The fourth-order valence-corrected chi connectivity index (χ4v) is 2.03. The minimum absolute atomic E-state index is 0.177. The van der Waals surface area contributed by atoms with Gasteiger partial charge in [-0.3, -0.25) is 0 Å². The van der Waals surface area contributed by atoms with Crippen molar-refractivity contribution < 1.29 is 9.53 Å². The number of hydrogen-bond donors (Lipinski definition) is 2. The summed E-state index contributed by atoms with van der Waals surface area (Å²) < 4.78 is 5.71. The molecule has 0 atom stereocenters. The Morgan fingerprint density at radius 1 is 1.04 bits per heavy atom. The van der Waals surface area contributed by atoms with Crippen LogP contribution < -0.4 is 15.4 Å². The third-order valence-corrected chi connectivity index (χ3v) is 3.37. The second-order valence-corrected chi connectivity index (χ2v) is 5.86. The normalized spacial score (nSPS) is 10.4. The number of benzene rings is 2. The van der Waals surface area contributed by atoms with Gasteiger partial charge in [-0.15, -0.1) is 0 Å². The third kappa shape index (κ3) is 6.43. The zero-order valence-corrected chi connectivity index (χ0v) is 13.7. The molecule has 2 aromatic rings. The molecule has 0 saturated carbocycles. The second kappa shape index (κ2) is 8.83. The number of ether oxygens (including phenoxy) is 1. The van der Waals surface area contributed by atoms with Gasteiger partial charge in [-0.1, -0.05) is 44.2 Å². The van der Waals surface area contributed by atoms with E-state index >= 15 is 0 Å². The number of hydrogen-bond acceptors (Lipinski definition) is 2. The summed E-state index contributed by atoms with van der Waals surface area (Å²) in [7, 11) is 0. The monoisotopic (exact) mass is 312 g/mol. The van der Waals surface area contributed by atoms with Gasteiger partial charge in [0.15, 0.2) is 0 Å². The molecule has 0 aromatic heterocycles. The van der Waals surface area contributed by atoms with E-state index < -0.39 is 0 Å². The van der Waals surface area contributed by atoms with Gasteiger partial charge in [0.05, 0.1) is 0 Å². The Morgan fingerprint density at radius 2 is 1.74 bits per heavy atom. The van der Waals surface area contributed by atoms with Crippen molar-refractivity contribution in [3.8, 4) is 5.75 Å². The van der Waals surface area contributed by atoms with Crippen molar-refractivity contribution in [2.75, 3.05) is 11.9 Å². The Bertz CT molecular complexity index is 595. The molecule has 0 bridgehead atoms. The molecule has 4 nitrogen and oxygen atoms in total. The van der Waals surface area contributed by atoms with E-state index in [0.29, 0.717) is 19.1 Å². The van der Waals surface area contributed by atoms with Crippen LogP contribution in [-0.2, 0) is 6.61 Å². The number of carbonyl (C=O) groups excluding carboxylic acids is 1. The van der Waals surface area contributed by atoms with Crippen LogP contribution in [0, 0.1) is 5.92 Å². The fraction of sp³-hybridized carbons (Fsp3) is 0.316. The van der Waals surface area contributed by atoms with Crippen LogP contribution in [0.5, 0.6) is 5.75 Å². The van der Waals surface area contributed by atoms with Crippen molar-refractivity contribution in [1.82, 2.24) is 5.32 Å². The molecular formula is C19H24N2O2. The van der Waals surface area contributed by atoms with Gasteiger partial charge in [-0.2, -0.15) is 0 Å². The van der Waals surface area contributed by atoms with E-state index in [2.05, 4.69) is 24.5 Å². The Morgan fingerprint density at radius 3 is 2.39 bits per heavy atom. The molecular weight excluding hydrogens is 288 g/mol. The lowest BCUT2D eigenvalue weighted by Gasteiger charge is -2.10. The summed E-state index contributed by atoms with van der Waals surface area (Å²) in [6.07, 6.45) is 0.972. The van der Waals surface area contributed by atoms with Crippen LogP contribution in [0.4, 0.5) is 10.5 Å². The summed E-state index contributed by atoms with van der Waals surface area (Å²) in [5.41, 5.74) is 1.87. The molecule has 0 spiro atoms. The second-order valence-electron chi connectivity index (χ2n) is 5.86. The van der Waals surface area contributed by atoms with Crippen LogP contribution in [0.15, 0.2) is 54.6 Å². The molecule has 0 unspecified atom stereocenters. The SMILES string of the molecule is CC(C)CCNC(=O)Nc1ccc(OCc2ccccc2)cc1. The van der Waals surface area contributed by atoms with E-state index in [4.69, 9.17) is 4.74 Å². The van der Waals surface area contributed by atoms with Gasteiger partial charge in [-0.05, 0) is 42.2 Å². The number of amides is 2.